The Morgan fingerprint density at radius 2 is 1.77 bits per heavy atom. The van der Waals surface area contributed by atoms with Gasteiger partial charge in [-0.1, -0.05) is 66.7 Å². The minimum absolute atomic E-state index is 0.119. The first-order valence-electron chi connectivity index (χ1n) is 9.14. The third-order valence-corrected chi connectivity index (χ3v) is 5.19. The highest BCUT2D eigenvalue weighted by atomic mass is 16.5. The summed E-state index contributed by atoms with van der Waals surface area (Å²) in [6.45, 7) is 0.570. The van der Waals surface area contributed by atoms with Gasteiger partial charge < -0.3 is 4.74 Å². The molecule has 4 rings (SSSR count). The van der Waals surface area contributed by atoms with E-state index in [1.807, 2.05) is 30.3 Å². The topological polar surface area (TPSA) is 47.3 Å². The number of nitrogens with two attached hydrogens (primary N) is 1. The minimum Gasteiger partial charge on any atom is -0.489 e. The second-order valence-corrected chi connectivity index (χ2v) is 6.90. The van der Waals surface area contributed by atoms with Crippen LogP contribution in [0.5, 0.6) is 5.75 Å². The van der Waals surface area contributed by atoms with Crippen molar-refractivity contribution in [3.05, 3.63) is 101 Å². The Morgan fingerprint density at radius 3 is 2.58 bits per heavy atom. The number of fused-ring (bicyclic) bond motifs is 1. The van der Waals surface area contributed by atoms with E-state index in [-0.39, 0.29) is 6.04 Å². The Morgan fingerprint density at radius 1 is 0.962 bits per heavy atom. The molecule has 1 aliphatic rings. The van der Waals surface area contributed by atoms with Crippen LogP contribution in [0, 0.1) is 0 Å². The number of hydrogen-bond donors (Lipinski definition) is 2. The van der Waals surface area contributed by atoms with Crippen LogP contribution in [-0.2, 0) is 13.0 Å². The number of hydrogen-bond acceptors (Lipinski definition) is 3. The Bertz CT molecular complexity index is 863. The van der Waals surface area contributed by atoms with Gasteiger partial charge in [0.25, 0.3) is 0 Å². The van der Waals surface area contributed by atoms with Crippen LogP contribution in [0.2, 0.25) is 0 Å². The van der Waals surface area contributed by atoms with Gasteiger partial charge in [-0.05, 0) is 53.1 Å². The summed E-state index contributed by atoms with van der Waals surface area (Å²) in [6.07, 6.45) is 2.13. The molecule has 0 amide bonds. The van der Waals surface area contributed by atoms with Gasteiger partial charge >= 0.3 is 0 Å². The number of hydrazine groups is 1. The average Bonchev–Trinajstić information content (AvgIpc) is 2.68. The van der Waals surface area contributed by atoms with E-state index < -0.39 is 0 Å². The SMILES string of the molecule is NNC(CC1Cc2ccccc21)c1cccc(OCc2ccccc2)c1. The first-order valence-corrected chi connectivity index (χ1v) is 9.14. The predicted octanol–water partition coefficient (Wildman–Crippen LogP) is 4.50. The Kier molecular flexibility index (Phi) is 5.00. The summed E-state index contributed by atoms with van der Waals surface area (Å²) in [6, 6.07) is 27.3. The van der Waals surface area contributed by atoms with Crippen LogP contribution in [0.15, 0.2) is 78.9 Å². The molecule has 0 saturated carbocycles. The van der Waals surface area contributed by atoms with Crippen molar-refractivity contribution in [1.82, 2.24) is 5.43 Å². The lowest BCUT2D eigenvalue weighted by molar-refractivity contribution is 0.305. The van der Waals surface area contributed by atoms with Crippen molar-refractivity contribution in [2.75, 3.05) is 0 Å². The molecule has 1 aliphatic carbocycles. The zero-order valence-corrected chi connectivity index (χ0v) is 14.8. The van der Waals surface area contributed by atoms with Crippen LogP contribution in [0.4, 0.5) is 0 Å². The highest BCUT2D eigenvalue weighted by Crippen LogP contribution is 2.40. The van der Waals surface area contributed by atoms with E-state index in [4.69, 9.17) is 10.6 Å². The van der Waals surface area contributed by atoms with Crippen molar-refractivity contribution in [2.24, 2.45) is 5.84 Å². The van der Waals surface area contributed by atoms with Crippen LogP contribution >= 0.6 is 0 Å². The van der Waals surface area contributed by atoms with Gasteiger partial charge in [0.1, 0.15) is 12.4 Å². The van der Waals surface area contributed by atoms with Gasteiger partial charge in [-0.15, -0.1) is 0 Å². The van der Waals surface area contributed by atoms with Crippen LogP contribution in [-0.4, -0.2) is 0 Å². The zero-order valence-electron chi connectivity index (χ0n) is 14.8. The molecule has 0 aromatic heterocycles. The third-order valence-electron chi connectivity index (χ3n) is 5.19. The fraction of sp³-hybridized carbons (Fsp3) is 0.217. The summed E-state index contributed by atoms with van der Waals surface area (Å²) < 4.78 is 5.96. The molecule has 2 atom stereocenters. The molecule has 3 heteroatoms. The Balaban J connectivity index is 1.43. The van der Waals surface area contributed by atoms with Gasteiger partial charge in [0.05, 0.1) is 0 Å². The minimum atomic E-state index is 0.119. The standard InChI is InChI=1S/C23H24N2O/c24-25-23(15-20-13-18-9-4-5-12-22(18)20)19-10-6-11-21(14-19)26-16-17-7-2-1-3-8-17/h1-12,14,20,23,25H,13,15-16,24H2. The Labute approximate surface area is 154 Å². The van der Waals surface area contributed by atoms with E-state index in [1.54, 1.807) is 0 Å². The van der Waals surface area contributed by atoms with Crippen LogP contribution < -0.4 is 16.0 Å². The summed E-state index contributed by atoms with van der Waals surface area (Å²) in [5.41, 5.74) is 8.26. The lowest BCUT2D eigenvalue weighted by Gasteiger charge is -2.33. The maximum atomic E-state index is 5.96. The van der Waals surface area contributed by atoms with E-state index in [9.17, 15) is 0 Å². The van der Waals surface area contributed by atoms with Crippen molar-refractivity contribution in [1.29, 1.82) is 0 Å². The van der Waals surface area contributed by atoms with Crippen molar-refractivity contribution >= 4 is 0 Å². The predicted molar refractivity (Wildman–Crippen MR) is 105 cm³/mol. The van der Waals surface area contributed by atoms with Gasteiger partial charge in [-0.25, -0.2) is 0 Å². The second kappa shape index (κ2) is 7.73. The van der Waals surface area contributed by atoms with E-state index in [0.717, 1.165) is 24.2 Å². The van der Waals surface area contributed by atoms with Gasteiger partial charge in [-0.2, -0.15) is 0 Å². The molecule has 3 aromatic rings. The third kappa shape index (κ3) is 3.64. The molecule has 0 saturated heterocycles. The largest absolute Gasteiger partial charge is 0.489 e. The van der Waals surface area contributed by atoms with Crippen LogP contribution in [0.25, 0.3) is 0 Å². The molecule has 3 nitrogen and oxygen atoms in total. The molecule has 0 radical (unpaired) electrons. The molecule has 132 valence electrons. The molecule has 0 fully saturated rings. The highest BCUT2D eigenvalue weighted by molar-refractivity contribution is 5.40. The van der Waals surface area contributed by atoms with E-state index in [1.165, 1.54) is 16.7 Å². The fourth-order valence-corrected chi connectivity index (χ4v) is 3.72. The molecule has 0 spiro atoms. The van der Waals surface area contributed by atoms with Gasteiger partial charge in [0.15, 0.2) is 0 Å². The fourth-order valence-electron chi connectivity index (χ4n) is 3.72. The summed E-state index contributed by atoms with van der Waals surface area (Å²) in [5, 5.41) is 0. The Hall–Kier alpha value is -2.62. The molecule has 0 bridgehead atoms. The van der Waals surface area contributed by atoms with Crippen molar-refractivity contribution in [3.8, 4) is 5.75 Å². The summed E-state index contributed by atoms with van der Waals surface area (Å²) in [7, 11) is 0. The number of benzene rings is 3. The second-order valence-electron chi connectivity index (χ2n) is 6.90. The van der Waals surface area contributed by atoms with Crippen LogP contribution in [0.1, 0.15) is 40.6 Å². The first-order chi connectivity index (χ1) is 12.8. The molecular weight excluding hydrogens is 320 g/mol. The molecule has 0 aliphatic heterocycles. The van der Waals surface area contributed by atoms with Crippen LogP contribution in [0.3, 0.4) is 0 Å². The van der Waals surface area contributed by atoms with Crippen molar-refractivity contribution in [3.63, 3.8) is 0 Å². The summed E-state index contributed by atoms with van der Waals surface area (Å²) >= 11 is 0. The van der Waals surface area contributed by atoms with Gasteiger partial charge in [0.2, 0.25) is 0 Å². The molecule has 0 heterocycles. The van der Waals surface area contributed by atoms with E-state index in [0.29, 0.717) is 12.5 Å². The van der Waals surface area contributed by atoms with E-state index in [2.05, 4.69) is 54.0 Å². The molecule has 2 unspecified atom stereocenters. The smallest absolute Gasteiger partial charge is 0.120 e. The van der Waals surface area contributed by atoms with Crippen molar-refractivity contribution < 1.29 is 4.74 Å². The molecular formula is C23H24N2O. The monoisotopic (exact) mass is 344 g/mol. The van der Waals surface area contributed by atoms with Gasteiger partial charge in [0, 0.05) is 6.04 Å². The average molecular weight is 344 g/mol. The maximum absolute atomic E-state index is 5.96. The van der Waals surface area contributed by atoms with Gasteiger partial charge in [-0.3, -0.25) is 11.3 Å². The number of rotatable bonds is 7. The summed E-state index contributed by atoms with van der Waals surface area (Å²) in [5.74, 6) is 7.32. The normalized spacial score (nSPS) is 16.4. The molecule has 26 heavy (non-hydrogen) atoms. The maximum Gasteiger partial charge on any atom is 0.120 e. The quantitative estimate of drug-likeness (QED) is 0.490. The lowest BCUT2D eigenvalue weighted by Crippen LogP contribution is -2.31. The van der Waals surface area contributed by atoms with E-state index >= 15 is 0 Å². The lowest BCUT2D eigenvalue weighted by atomic mass is 9.74. The molecule has 3 N–H and O–H groups in total. The van der Waals surface area contributed by atoms with Crippen molar-refractivity contribution in [2.45, 2.75) is 31.4 Å². The number of ether oxygens (including phenoxy) is 1. The zero-order chi connectivity index (χ0) is 17.8. The molecule has 3 aromatic carbocycles. The number of nitrogens with one attached hydrogen (secondary N) is 1. The highest BCUT2D eigenvalue weighted by Gasteiger charge is 2.28. The summed E-state index contributed by atoms with van der Waals surface area (Å²) in [4.78, 5) is 0. The first kappa shape index (κ1) is 16.8.